The van der Waals surface area contributed by atoms with Crippen molar-refractivity contribution < 1.29 is 4.79 Å². The molecule has 2 heterocycles. The normalized spacial score (nSPS) is 20.6. The fourth-order valence-corrected chi connectivity index (χ4v) is 2.38. The summed E-state index contributed by atoms with van der Waals surface area (Å²) in [6.45, 7) is 0.865. The predicted molar refractivity (Wildman–Crippen MR) is 61.7 cm³/mol. The van der Waals surface area contributed by atoms with E-state index in [-0.39, 0.29) is 11.9 Å². The van der Waals surface area contributed by atoms with E-state index in [9.17, 15) is 4.79 Å². The highest BCUT2D eigenvalue weighted by molar-refractivity contribution is 9.09. The maximum Gasteiger partial charge on any atom is 0.233 e. The number of carbonyl (C=O) groups is 1. The number of aromatic nitrogens is 1. The Labute approximate surface area is 97.6 Å². The van der Waals surface area contributed by atoms with Crippen LogP contribution in [0.15, 0.2) is 24.5 Å². The van der Waals surface area contributed by atoms with E-state index in [0.717, 1.165) is 24.9 Å². The Bertz CT molecular complexity index is 342. The van der Waals surface area contributed by atoms with Crippen molar-refractivity contribution in [3.63, 3.8) is 0 Å². The van der Waals surface area contributed by atoms with E-state index in [4.69, 9.17) is 0 Å². The SMILES string of the molecule is O=C(CBr)N1CCCC1c1cccnc1. The van der Waals surface area contributed by atoms with Crippen molar-refractivity contribution >= 4 is 21.8 Å². The Kier molecular flexibility index (Phi) is 3.36. The number of likely N-dealkylation sites (tertiary alicyclic amines) is 1. The van der Waals surface area contributed by atoms with Crippen LogP contribution < -0.4 is 0 Å². The Balaban J connectivity index is 2.18. The van der Waals surface area contributed by atoms with Crippen LogP contribution >= 0.6 is 15.9 Å². The Morgan fingerprint density at radius 3 is 3.20 bits per heavy atom. The van der Waals surface area contributed by atoms with Crippen LogP contribution in [0.1, 0.15) is 24.4 Å². The summed E-state index contributed by atoms with van der Waals surface area (Å²) in [5, 5.41) is 0.407. The van der Waals surface area contributed by atoms with Crippen LogP contribution in [-0.2, 0) is 4.79 Å². The van der Waals surface area contributed by atoms with Crippen LogP contribution in [0.5, 0.6) is 0 Å². The highest BCUT2D eigenvalue weighted by Crippen LogP contribution is 2.31. The molecule has 0 N–H and O–H groups in total. The van der Waals surface area contributed by atoms with Gasteiger partial charge in [0.05, 0.1) is 11.4 Å². The van der Waals surface area contributed by atoms with Gasteiger partial charge in [-0.05, 0) is 24.5 Å². The topological polar surface area (TPSA) is 33.2 Å². The minimum absolute atomic E-state index is 0.168. The van der Waals surface area contributed by atoms with E-state index >= 15 is 0 Å². The number of rotatable bonds is 2. The molecule has 1 atom stereocenters. The lowest BCUT2D eigenvalue weighted by Gasteiger charge is -2.23. The van der Waals surface area contributed by atoms with Gasteiger partial charge in [0, 0.05) is 18.9 Å². The zero-order chi connectivity index (χ0) is 10.7. The van der Waals surface area contributed by atoms with Crippen molar-refractivity contribution in [2.75, 3.05) is 11.9 Å². The lowest BCUT2D eigenvalue weighted by atomic mass is 10.1. The molecule has 1 unspecified atom stereocenters. The van der Waals surface area contributed by atoms with E-state index in [2.05, 4.69) is 20.9 Å². The van der Waals surface area contributed by atoms with Crippen LogP contribution in [0.3, 0.4) is 0 Å². The molecule has 1 aromatic heterocycles. The van der Waals surface area contributed by atoms with Gasteiger partial charge in [0.1, 0.15) is 0 Å². The summed E-state index contributed by atoms with van der Waals surface area (Å²) in [6.07, 6.45) is 5.74. The first kappa shape index (κ1) is 10.6. The summed E-state index contributed by atoms with van der Waals surface area (Å²) in [4.78, 5) is 17.7. The maximum absolute atomic E-state index is 11.7. The van der Waals surface area contributed by atoms with Gasteiger partial charge in [-0.2, -0.15) is 0 Å². The first-order chi connectivity index (χ1) is 7.33. The molecule has 0 spiro atoms. The summed E-state index contributed by atoms with van der Waals surface area (Å²) < 4.78 is 0. The fourth-order valence-electron chi connectivity index (χ4n) is 2.06. The van der Waals surface area contributed by atoms with Crippen molar-refractivity contribution in [2.24, 2.45) is 0 Å². The molecule has 1 saturated heterocycles. The highest BCUT2D eigenvalue weighted by Gasteiger charge is 2.29. The van der Waals surface area contributed by atoms with Crippen molar-refractivity contribution in [2.45, 2.75) is 18.9 Å². The maximum atomic E-state index is 11.7. The molecule has 0 aliphatic carbocycles. The number of pyridine rings is 1. The van der Waals surface area contributed by atoms with Crippen LogP contribution in [0.25, 0.3) is 0 Å². The molecule has 15 heavy (non-hydrogen) atoms. The molecule has 2 rings (SSSR count). The van der Waals surface area contributed by atoms with Gasteiger partial charge in [-0.3, -0.25) is 9.78 Å². The van der Waals surface area contributed by atoms with Crippen LogP contribution in [0, 0.1) is 0 Å². The summed E-state index contributed by atoms with van der Waals surface area (Å²) in [6, 6.07) is 4.19. The molecule has 1 amide bonds. The quantitative estimate of drug-likeness (QED) is 0.771. The van der Waals surface area contributed by atoms with Gasteiger partial charge in [-0.25, -0.2) is 0 Å². The second-order valence-corrected chi connectivity index (χ2v) is 4.23. The third-order valence-electron chi connectivity index (χ3n) is 2.76. The first-order valence-corrected chi connectivity index (χ1v) is 6.20. The lowest BCUT2D eigenvalue weighted by molar-refractivity contribution is -0.129. The number of amides is 1. The van der Waals surface area contributed by atoms with Crippen LogP contribution in [0.2, 0.25) is 0 Å². The van der Waals surface area contributed by atoms with Gasteiger partial charge < -0.3 is 4.90 Å². The molecule has 0 saturated carbocycles. The molecular formula is C11H13BrN2O. The predicted octanol–water partition coefficient (Wildman–Crippen LogP) is 2.14. The average Bonchev–Trinajstić information content (AvgIpc) is 2.78. The molecule has 0 radical (unpaired) electrons. The summed E-state index contributed by atoms with van der Waals surface area (Å²) >= 11 is 3.22. The monoisotopic (exact) mass is 268 g/mol. The summed E-state index contributed by atoms with van der Waals surface area (Å²) in [7, 11) is 0. The molecule has 3 nitrogen and oxygen atoms in total. The zero-order valence-electron chi connectivity index (χ0n) is 8.40. The van der Waals surface area contributed by atoms with Gasteiger partial charge in [0.15, 0.2) is 0 Å². The summed E-state index contributed by atoms with van der Waals surface area (Å²) in [5.74, 6) is 0.168. The number of carbonyl (C=O) groups excluding carboxylic acids is 1. The average molecular weight is 269 g/mol. The number of hydrogen-bond donors (Lipinski definition) is 0. The van der Waals surface area contributed by atoms with Gasteiger partial charge in [-0.1, -0.05) is 22.0 Å². The van der Waals surface area contributed by atoms with E-state index in [1.165, 1.54) is 0 Å². The minimum atomic E-state index is 0.168. The van der Waals surface area contributed by atoms with E-state index in [1.807, 2.05) is 23.2 Å². The third-order valence-corrected chi connectivity index (χ3v) is 3.24. The van der Waals surface area contributed by atoms with E-state index in [0.29, 0.717) is 5.33 Å². The molecule has 1 aliphatic rings. The van der Waals surface area contributed by atoms with Crippen LogP contribution in [-0.4, -0.2) is 27.7 Å². The largest absolute Gasteiger partial charge is 0.335 e. The third kappa shape index (κ3) is 2.20. The lowest BCUT2D eigenvalue weighted by Crippen LogP contribution is -2.31. The molecule has 1 fully saturated rings. The molecule has 0 bridgehead atoms. The zero-order valence-corrected chi connectivity index (χ0v) is 9.98. The smallest absolute Gasteiger partial charge is 0.233 e. The Morgan fingerprint density at radius 2 is 2.53 bits per heavy atom. The van der Waals surface area contributed by atoms with Crippen LogP contribution in [0.4, 0.5) is 0 Å². The Morgan fingerprint density at radius 1 is 1.67 bits per heavy atom. The number of hydrogen-bond acceptors (Lipinski definition) is 2. The van der Waals surface area contributed by atoms with Gasteiger partial charge >= 0.3 is 0 Å². The molecule has 1 aliphatic heterocycles. The molecule has 80 valence electrons. The number of alkyl halides is 1. The second kappa shape index (κ2) is 4.75. The van der Waals surface area contributed by atoms with Crippen molar-refractivity contribution in [3.05, 3.63) is 30.1 Å². The summed E-state index contributed by atoms with van der Waals surface area (Å²) in [5.41, 5.74) is 1.14. The van der Waals surface area contributed by atoms with Crippen molar-refractivity contribution in [1.82, 2.24) is 9.88 Å². The number of halogens is 1. The standard InChI is InChI=1S/C11H13BrN2O/c12-7-11(15)14-6-2-4-10(14)9-3-1-5-13-8-9/h1,3,5,8,10H,2,4,6-7H2. The van der Waals surface area contributed by atoms with E-state index in [1.54, 1.807) is 6.20 Å². The molecule has 0 aromatic carbocycles. The van der Waals surface area contributed by atoms with Crippen molar-refractivity contribution in [3.8, 4) is 0 Å². The first-order valence-electron chi connectivity index (χ1n) is 5.08. The van der Waals surface area contributed by atoms with E-state index < -0.39 is 0 Å². The molecule has 4 heteroatoms. The number of nitrogens with zero attached hydrogens (tertiary/aromatic N) is 2. The molecular weight excluding hydrogens is 256 g/mol. The molecule has 1 aromatic rings. The Hall–Kier alpha value is -0.900. The fraction of sp³-hybridized carbons (Fsp3) is 0.455. The van der Waals surface area contributed by atoms with Crippen molar-refractivity contribution in [1.29, 1.82) is 0 Å². The second-order valence-electron chi connectivity index (χ2n) is 3.67. The van der Waals surface area contributed by atoms with Gasteiger partial charge in [-0.15, -0.1) is 0 Å². The highest BCUT2D eigenvalue weighted by atomic mass is 79.9. The van der Waals surface area contributed by atoms with Gasteiger partial charge in [0.25, 0.3) is 0 Å². The minimum Gasteiger partial charge on any atom is -0.335 e. The van der Waals surface area contributed by atoms with Gasteiger partial charge in [0.2, 0.25) is 5.91 Å².